The number of benzene rings is 2. The van der Waals surface area contributed by atoms with Crippen molar-refractivity contribution >= 4 is 17.3 Å². The van der Waals surface area contributed by atoms with Crippen LogP contribution in [0.25, 0.3) is 0 Å². The number of hydrogen-bond donors (Lipinski definition) is 1. The minimum Gasteiger partial charge on any atom is -0.406 e. The Hall–Kier alpha value is -1.95. The Kier molecular flexibility index (Phi) is 4.57. The SMILES string of the molecule is Fc1cccc(Cl)c1CNc1ccc(OC(F)(F)F)cc1. The van der Waals surface area contributed by atoms with Crippen molar-refractivity contribution in [3.63, 3.8) is 0 Å². The van der Waals surface area contributed by atoms with Gasteiger partial charge >= 0.3 is 6.36 Å². The second-order valence-corrected chi connectivity index (χ2v) is 4.53. The number of ether oxygens (including phenoxy) is 1. The highest BCUT2D eigenvalue weighted by molar-refractivity contribution is 6.31. The number of halogens is 5. The quantitative estimate of drug-likeness (QED) is 0.802. The third kappa shape index (κ3) is 4.53. The van der Waals surface area contributed by atoms with Gasteiger partial charge in [-0.2, -0.15) is 0 Å². The summed E-state index contributed by atoms with van der Waals surface area (Å²) < 4.78 is 53.3. The van der Waals surface area contributed by atoms with Gasteiger partial charge in [-0.15, -0.1) is 13.2 Å². The smallest absolute Gasteiger partial charge is 0.406 e. The van der Waals surface area contributed by atoms with E-state index < -0.39 is 12.2 Å². The van der Waals surface area contributed by atoms with Crippen molar-refractivity contribution in [2.24, 2.45) is 0 Å². The molecule has 0 heterocycles. The van der Waals surface area contributed by atoms with Crippen LogP contribution in [-0.2, 0) is 6.54 Å². The summed E-state index contributed by atoms with van der Waals surface area (Å²) in [6.07, 6.45) is -4.73. The van der Waals surface area contributed by atoms with Crippen molar-refractivity contribution in [3.8, 4) is 5.75 Å². The van der Waals surface area contributed by atoms with Gasteiger partial charge in [-0.3, -0.25) is 0 Å². The molecule has 0 aliphatic rings. The standard InChI is InChI=1S/C14H10ClF4NO/c15-12-2-1-3-13(16)11(12)8-20-9-4-6-10(7-5-9)21-14(17,18)19/h1-7,20H,8H2. The Balaban J connectivity index is 2.01. The number of anilines is 1. The second kappa shape index (κ2) is 6.22. The first-order valence-electron chi connectivity index (χ1n) is 5.88. The fourth-order valence-corrected chi connectivity index (χ4v) is 1.90. The van der Waals surface area contributed by atoms with Crippen molar-refractivity contribution in [3.05, 3.63) is 58.9 Å². The number of nitrogens with one attached hydrogen (secondary N) is 1. The highest BCUT2D eigenvalue weighted by Gasteiger charge is 2.30. The maximum Gasteiger partial charge on any atom is 0.573 e. The van der Waals surface area contributed by atoms with Crippen molar-refractivity contribution in [1.82, 2.24) is 0 Å². The minimum absolute atomic E-state index is 0.116. The molecule has 0 atom stereocenters. The van der Waals surface area contributed by atoms with E-state index in [2.05, 4.69) is 10.1 Å². The van der Waals surface area contributed by atoms with Crippen LogP contribution in [0.1, 0.15) is 5.56 Å². The Labute approximate surface area is 123 Å². The van der Waals surface area contributed by atoms with Crippen LogP contribution in [0.2, 0.25) is 5.02 Å². The molecule has 21 heavy (non-hydrogen) atoms. The number of alkyl halides is 3. The summed E-state index contributed by atoms with van der Waals surface area (Å²) in [5.41, 5.74) is 0.804. The zero-order valence-corrected chi connectivity index (χ0v) is 11.3. The predicted octanol–water partition coefficient (Wildman–Crippen LogP) is 4.99. The van der Waals surface area contributed by atoms with E-state index in [1.54, 1.807) is 6.07 Å². The van der Waals surface area contributed by atoms with E-state index in [4.69, 9.17) is 11.6 Å². The molecule has 0 fully saturated rings. The Morgan fingerprint density at radius 3 is 2.29 bits per heavy atom. The van der Waals surface area contributed by atoms with Crippen molar-refractivity contribution < 1.29 is 22.3 Å². The maximum atomic E-state index is 13.5. The van der Waals surface area contributed by atoms with Gasteiger partial charge in [0.15, 0.2) is 0 Å². The van der Waals surface area contributed by atoms with Crippen LogP contribution in [0.4, 0.5) is 23.2 Å². The molecule has 0 radical (unpaired) electrons. The summed E-state index contributed by atoms with van der Waals surface area (Å²) in [4.78, 5) is 0. The van der Waals surface area contributed by atoms with Crippen LogP contribution in [0.5, 0.6) is 5.75 Å². The molecule has 0 bridgehead atoms. The van der Waals surface area contributed by atoms with Gasteiger partial charge in [0.05, 0.1) is 0 Å². The van der Waals surface area contributed by atoms with Crippen LogP contribution in [0.3, 0.4) is 0 Å². The first-order chi connectivity index (χ1) is 9.85. The van der Waals surface area contributed by atoms with E-state index in [9.17, 15) is 17.6 Å². The molecule has 2 rings (SSSR count). The lowest BCUT2D eigenvalue weighted by atomic mass is 10.2. The van der Waals surface area contributed by atoms with E-state index in [1.807, 2.05) is 0 Å². The molecule has 2 aromatic rings. The molecular weight excluding hydrogens is 310 g/mol. The van der Waals surface area contributed by atoms with Gasteiger partial charge in [0.25, 0.3) is 0 Å². The normalized spacial score (nSPS) is 11.3. The summed E-state index contributed by atoms with van der Waals surface area (Å²) >= 11 is 5.87. The second-order valence-electron chi connectivity index (χ2n) is 4.13. The van der Waals surface area contributed by atoms with Crippen molar-refractivity contribution in [2.75, 3.05) is 5.32 Å². The molecule has 0 aliphatic heterocycles. The van der Waals surface area contributed by atoms with Gasteiger partial charge in [-0.1, -0.05) is 17.7 Å². The lowest BCUT2D eigenvalue weighted by Crippen LogP contribution is -2.17. The zero-order chi connectivity index (χ0) is 15.5. The first kappa shape index (κ1) is 15.4. The molecule has 0 saturated carbocycles. The fraction of sp³-hybridized carbons (Fsp3) is 0.143. The summed E-state index contributed by atoms with van der Waals surface area (Å²) in [6.45, 7) is 0.116. The summed E-state index contributed by atoms with van der Waals surface area (Å²) in [5, 5.41) is 3.15. The van der Waals surface area contributed by atoms with Gasteiger partial charge in [-0.05, 0) is 36.4 Å². The van der Waals surface area contributed by atoms with Gasteiger partial charge in [-0.25, -0.2) is 4.39 Å². The van der Waals surface area contributed by atoms with Crippen molar-refractivity contribution in [2.45, 2.75) is 12.9 Å². The first-order valence-corrected chi connectivity index (χ1v) is 6.25. The zero-order valence-electron chi connectivity index (χ0n) is 10.5. The molecule has 1 N–H and O–H groups in total. The number of rotatable bonds is 4. The molecular formula is C14H10ClF4NO. The van der Waals surface area contributed by atoms with Gasteiger partial charge in [0.2, 0.25) is 0 Å². The predicted molar refractivity (Wildman–Crippen MR) is 71.9 cm³/mol. The largest absolute Gasteiger partial charge is 0.573 e. The van der Waals surface area contributed by atoms with Crippen molar-refractivity contribution in [1.29, 1.82) is 0 Å². The molecule has 2 nitrogen and oxygen atoms in total. The maximum absolute atomic E-state index is 13.5. The number of hydrogen-bond acceptors (Lipinski definition) is 2. The summed E-state index contributed by atoms with van der Waals surface area (Å²) in [6, 6.07) is 9.46. The van der Waals surface area contributed by atoms with Crippen LogP contribution in [0, 0.1) is 5.82 Å². The molecule has 112 valence electrons. The molecule has 2 aromatic carbocycles. The average Bonchev–Trinajstić information content (AvgIpc) is 2.38. The van der Waals surface area contributed by atoms with E-state index in [0.29, 0.717) is 5.69 Å². The molecule has 0 spiro atoms. The highest BCUT2D eigenvalue weighted by atomic mass is 35.5. The molecule has 0 amide bonds. The lowest BCUT2D eigenvalue weighted by molar-refractivity contribution is -0.274. The molecule has 7 heteroatoms. The van der Waals surface area contributed by atoms with Crippen LogP contribution >= 0.6 is 11.6 Å². The van der Waals surface area contributed by atoms with Gasteiger partial charge in [0.1, 0.15) is 11.6 Å². The molecule has 0 unspecified atom stereocenters. The van der Waals surface area contributed by atoms with E-state index in [1.165, 1.54) is 36.4 Å². The van der Waals surface area contributed by atoms with Gasteiger partial charge < -0.3 is 10.1 Å². The van der Waals surface area contributed by atoms with Crippen LogP contribution < -0.4 is 10.1 Å². The Morgan fingerprint density at radius 2 is 1.71 bits per heavy atom. The third-order valence-electron chi connectivity index (χ3n) is 2.62. The van der Waals surface area contributed by atoms with E-state index in [0.717, 1.165) is 0 Å². The minimum atomic E-state index is -4.73. The molecule has 0 aliphatic carbocycles. The highest BCUT2D eigenvalue weighted by Crippen LogP contribution is 2.25. The molecule has 0 saturated heterocycles. The fourth-order valence-electron chi connectivity index (χ4n) is 1.67. The topological polar surface area (TPSA) is 21.3 Å². The summed E-state index contributed by atoms with van der Waals surface area (Å²) in [7, 11) is 0. The van der Waals surface area contributed by atoms with Crippen LogP contribution in [-0.4, -0.2) is 6.36 Å². The van der Waals surface area contributed by atoms with Crippen LogP contribution in [0.15, 0.2) is 42.5 Å². The lowest BCUT2D eigenvalue weighted by Gasteiger charge is -2.11. The van der Waals surface area contributed by atoms with E-state index >= 15 is 0 Å². The third-order valence-corrected chi connectivity index (χ3v) is 2.97. The average molecular weight is 320 g/mol. The molecule has 0 aromatic heterocycles. The van der Waals surface area contributed by atoms with Gasteiger partial charge in [0, 0.05) is 22.8 Å². The Morgan fingerprint density at radius 1 is 1.05 bits per heavy atom. The summed E-state index contributed by atoms with van der Waals surface area (Å²) in [5.74, 6) is -0.774. The Bertz CT molecular complexity index is 593. The van der Waals surface area contributed by atoms with E-state index in [-0.39, 0.29) is 22.9 Å². The monoisotopic (exact) mass is 319 g/mol.